The highest BCUT2D eigenvalue weighted by atomic mass is 19.3. The Morgan fingerprint density at radius 2 is 2.06 bits per heavy atom. The van der Waals surface area contributed by atoms with E-state index in [-0.39, 0.29) is 23.3 Å². The first-order valence-corrected chi connectivity index (χ1v) is 11.8. The van der Waals surface area contributed by atoms with Crippen molar-refractivity contribution in [3.63, 3.8) is 0 Å². The summed E-state index contributed by atoms with van der Waals surface area (Å²) in [6, 6.07) is 9.15. The molecule has 1 fully saturated rings. The fourth-order valence-corrected chi connectivity index (χ4v) is 4.85. The summed E-state index contributed by atoms with van der Waals surface area (Å²) in [6.45, 7) is 3.69. The molecule has 5 rings (SSSR count). The topological polar surface area (TPSA) is 97.7 Å². The number of likely N-dealkylation sites (tertiary alicyclic amines) is 1. The number of hydrogen-bond donors (Lipinski definition) is 0. The SMILES string of the molecule is Cc1c(-c2cc(O[C@H](C)c3ccccn3)c3c(c2)ncn3C(F)F)nnn1[C@H]1CCN(C#N)[C@@H](C)C1. The van der Waals surface area contributed by atoms with Gasteiger partial charge in [-0.15, -0.1) is 5.10 Å². The van der Waals surface area contributed by atoms with E-state index in [1.165, 1.54) is 0 Å². The fraction of sp³-hybridized carbons (Fsp3) is 0.400. The highest BCUT2D eigenvalue weighted by Crippen LogP contribution is 2.37. The molecule has 0 radical (unpaired) electrons. The van der Waals surface area contributed by atoms with Crippen molar-refractivity contribution in [1.82, 2.24) is 34.4 Å². The molecule has 36 heavy (non-hydrogen) atoms. The van der Waals surface area contributed by atoms with Gasteiger partial charge in [-0.1, -0.05) is 11.3 Å². The van der Waals surface area contributed by atoms with Crippen molar-refractivity contribution < 1.29 is 13.5 Å². The maximum atomic E-state index is 13.8. The van der Waals surface area contributed by atoms with Gasteiger partial charge in [0.1, 0.15) is 29.4 Å². The number of pyridine rings is 1. The molecule has 0 unspecified atom stereocenters. The average molecular weight is 493 g/mol. The predicted molar refractivity (Wildman–Crippen MR) is 128 cm³/mol. The first-order valence-electron chi connectivity index (χ1n) is 11.8. The minimum atomic E-state index is -2.77. The Labute approximate surface area is 206 Å². The second-order valence-corrected chi connectivity index (χ2v) is 9.07. The van der Waals surface area contributed by atoms with E-state index in [0.717, 1.165) is 29.4 Å². The Kier molecular flexibility index (Phi) is 6.26. The van der Waals surface area contributed by atoms with Gasteiger partial charge in [0.2, 0.25) is 0 Å². The Balaban J connectivity index is 1.53. The second-order valence-electron chi connectivity index (χ2n) is 9.07. The first-order chi connectivity index (χ1) is 17.4. The zero-order valence-corrected chi connectivity index (χ0v) is 20.2. The Morgan fingerprint density at radius 3 is 2.75 bits per heavy atom. The average Bonchev–Trinajstić information content (AvgIpc) is 3.48. The molecule has 0 N–H and O–H groups in total. The molecule has 4 heterocycles. The highest BCUT2D eigenvalue weighted by molar-refractivity contribution is 5.87. The lowest BCUT2D eigenvalue weighted by Gasteiger charge is -2.34. The van der Waals surface area contributed by atoms with E-state index in [2.05, 4.69) is 26.5 Å². The van der Waals surface area contributed by atoms with Crippen molar-refractivity contribution in [2.24, 2.45) is 0 Å². The maximum Gasteiger partial charge on any atom is 0.320 e. The van der Waals surface area contributed by atoms with Crippen LogP contribution in [0.1, 0.15) is 56.8 Å². The summed E-state index contributed by atoms with van der Waals surface area (Å²) in [4.78, 5) is 10.3. The molecule has 1 aliphatic rings. The molecule has 9 nitrogen and oxygen atoms in total. The fourth-order valence-electron chi connectivity index (χ4n) is 4.85. The normalized spacial score (nSPS) is 19.0. The van der Waals surface area contributed by atoms with Gasteiger partial charge < -0.3 is 9.64 Å². The zero-order valence-electron chi connectivity index (χ0n) is 20.2. The highest BCUT2D eigenvalue weighted by Gasteiger charge is 2.29. The van der Waals surface area contributed by atoms with E-state index in [1.807, 2.05) is 37.6 Å². The number of ether oxygens (including phenoxy) is 1. The van der Waals surface area contributed by atoms with Crippen LogP contribution in [-0.4, -0.2) is 47.0 Å². The van der Waals surface area contributed by atoms with E-state index < -0.39 is 12.7 Å². The molecule has 0 spiro atoms. The van der Waals surface area contributed by atoms with E-state index in [9.17, 15) is 14.0 Å². The van der Waals surface area contributed by atoms with Crippen molar-refractivity contribution in [1.29, 1.82) is 5.26 Å². The summed E-state index contributed by atoms with van der Waals surface area (Å²) in [5.74, 6) is 0.267. The molecular weight excluding hydrogens is 466 g/mol. The van der Waals surface area contributed by atoms with Crippen molar-refractivity contribution in [3.8, 4) is 23.2 Å². The van der Waals surface area contributed by atoms with Gasteiger partial charge in [0.05, 0.1) is 22.9 Å². The molecule has 1 saturated heterocycles. The van der Waals surface area contributed by atoms with Crippen molar-refractivity contribution in [2.45, 2.75) is 58.3 Å². The molecule has 186 valence electrons. The summed E-state index contributed by atoms with van der Waals surface area (Å²) in [6.07, 6.45) is 6.11. The number of rotatable bonds is 6. The van der Waals surface area contributed by atoms with Crippen LogP contribution < -0.4 is 4.74 Å². The summed E-state index contributed by atoms with van der Waals surface area (Å²) < 4.78 is 36.4. The monoisotopic (exact) mass is 492 g/mol. The molecular formula is C25H26F2N8O. The smallest absolute Gasteiger partial charge is 0.320 e. The number of nitriles is 1. The molecule has 1 aromatic carbocycles. The van der Waals surface area contributed by atoms with Crippen molar-refractivity contribution >= 4 is 11.0 Å². The lowest BCUT2D eigenvalue weighted by Crippen LogP contribution is -2.38. The summed E-state index contributed by atoms with van der Waals surface area (Å²) >= 11 is 0. The number of piperidine rings is 1. The minimum absolute atomic E-state index is 0.114. The Bertz CT molecular complexity index is 1410. The summed E-state index contributed by atoms with van der Waals surface area (Å²) in [7, 11) is 0. The standard InChI is InChI=1S/C25H26F2N8O/c1-15-10-19(7-9-33(15)13-28)35-16(2)23(31-32-35)18-11-21-24(34(14-30-21)25(26)27)22(12-18)36-17(3)20-6-4-5-8-29-20/h4-6,8,11-12,14-15,17,19,25H,7,9-10H2,1-3H3/t15-,17+,19-/m0/s1. The van der Waals surface area contributed by atoms with Gasteiger partial charge in [0.15, 0.2) is 6.19 Å². The van der Waals surface area contributed by atoms with Gasteiger partial charge in [-0.3, -0.25) is 9.55 Å². The third-order valence-corrected chi connectivity index (χ3v) is 6.78. The number of fused-ring (bicyclic) bond motifs is 1. The number of halogens is 2. The lowest BCUT2D eigenvalue weighted by molar-refractivity contribution is 0.0737. The van der Waals surface area contributed by atoms with Crippen LogP contribution in [0.2, 0.25) is 0 Å². The molecule has 0 aliphatic carbocycles. The number of nitrogens with zero attached hydrogens (tertiary/aromatic N) is 8. The quantitative estimate of drug-likeness (QED) is 0.348. The van der Waals surface area contributed by atoms with Gasteiger partial charge in [-0.2, -0.15) is 14.0 Å². The van der Waals surface area contributed by atoms with Crippen LogP contribution in [0.4, 0.5) is 8.78 Å². The third kappa shape index (κ3) is 4.23. The first kappa shape index (κ1) is 23.7. The number of aromatic nitrogens is 6. The van der Waals surface area contributed by atoms with E-state index in [4.69, 9.17) is 4.74 Å². The Morgan fingerprint density at radius 1 is 1.22 bits per heavy atom. The van der Waals surface area contributed by atoms with Gasteiger partial charge in [-0.05, 0) is 57.9 Å². The van der Waals surface area contributed by atoms with E-state index in [0.29, 0.717) is 29.0 Å². The predicted octanol–water partition coefficient (Wildman–Crippen LogP) is 5.04. The molecule has 0 saturated carbocycles. The summed E-state index contributed by atoms with van der Waals surface area (Å²) in [5, 5.41) is 18.1. The second kappa shape index (κ2) is 9.53. The van der Waals surface area contributed by atoms with Crippen LogP contribution in [0, 0.1) is 18.4 Å². The Hall–Kier alpha value is -4.07. The van der Waals surface area contributed by atoms with Crippen molar-refractivity contribution in [3.05, 3.63) is 54.2 Å². The van der Waals surface area contributed by atoms with Crippen molar-refractivity contribution in [2.75, 3.05) is 6.54 Å². The van der Waals surface area contributed by atoms with E-state index in [1.54, 1.807) is 29.3 Å². The van der Waals surface area contributed by atoms with Gasteiger partial charge in [-0.25, -0.2) is 9.67 Å². The lowest BCUT2D eigenvalue weighted by atomic mass is 9.98. The largest absolute Gasteiger partial charge is 0.482 e. The van der Waals surface area contributed by atoms with Crippen LogP contribution in [-0.2, 0) is 0 Å². The van der Waals surface area contributed by atoms with Gasteiger partial charge >= 0.3 is 6.55 Å². The third-order valence-electron chi connectivity index (χ3n) is 6.78. The van der Waals surface area contributed by atoms with Gasteiger partial charge in [0, 0.05) is 24.3 Å². The molecule has 1 aliphatic heterocycles. The van der Waals surface area contributed by atoms with E-state index >= 15 is 0 Å². The van der Waals surface area contributed by atoms with Crippen LogP contribution >= 0.6 is 0 Å². The van der Waals surface area contributed by atoms with Crippen LogP contribution in [0.3, 0.4) is 0 Å². The molecule has 4 aromatic rings. The molecule has 0 amide bonds. The molecule has 3 aromatic heterocycles. The zero-order chi connectivity index (χ0) is 25.4. The number of hydrogen-bond acceptors (Lipinski definition) is 7. The summed E-state index contributed by atoms with van der Waals surface area (Å²) in [5.41, 5.74) is 3.43. The minimum Gasteiger partial charge on any atom is -0.482 e. The molecule has 0 bridgehead atoms. The van der Waals surface area contributed by atoms with Crippen LogP contribution in [0.15, 0.2) is 42.9 Å². The molecule has 11 heteroatoms. The number of benzene rings is 1. The van der Waals surface area contributed by atoms with Crippen LogP contribution in [0.5, 0.6) is 5.75 Å². The molecule has 3 atom stereocenters. The van der Waals surface area contributed by atoms with Gasteiger partial charge in [0.25, 0.3) is 0 Å². The number of alkyl halides is 2. The van der Waals surface area contributed by atoms with Crippen LogP contribution in [0.25, 0.3) is 22.3 Å². The maximum absolute atomic E-state index is 13.8. The number of imidazole rings is 1.